The van der Waals surface area contributed by atoms with Crippen LogP contribution in [0.5, 0.6) is 0 Å². The van der Waals surface area contributed by atoms with Gasteiger partial charge in [0.2, 0.25) is 10.0 Å². The van der Waals surface area contributed by atoms with E-state index in [-0.39, 0.29) is 17.5 Å². The van der Waals surface area contributed by atoms with Crippen LogP contribution in [-0.2, 0) is 19.6 Å². The first-order valence-electron chi connectivity index (χ1n) is 10.9. The molecular formula is C24H31N3O4S. The highest BCUT2D eigenvalue weighted by atomic mass is 32.2. The minimum absolute atomic E-state index is 0.210. The highest BCUT2D eigenvalue weighted by Crippen LogP contribution is 2.27. The lowest BCUT2D eigenvalue weighted by molar-refractivity contribution is -0.136. The van der Waals surface area contributed by atoms with Gasteiger partial charge in [-0.15, -0.1) is 0 Å². The lowest BCUT2D eigenvalue weighted by Gasteiger charge is -2.34. The number of rotatable bonds is 6. The molecule has 0 aromatic heterocycles. The Morgan fingerprint density at radius 1 is 0.969 bits per heavy atom. The minimum atomic E-state index is -3.60. The highest BCUT2D eigenvalue weighted by molar-refractivity contribution is 7.89. The number of benzene rings is 2. The van der Waals surface area contributed by atoms with Gasteiger partial charge in [-0.05, 0) is 75.4 Å². The molecule has 7 nitrogen and oxygen atoms in total. The van der Waals surface area contributed by atoms with Crippen LogP contribution in [0.1, 0.15) is 42.4 Å². The fourth-order valence-corrected chi connectivity index (χ4v) is 5.59. The largest absolute Gasteiger partial charge is 0.348 e. The van der Waals surface area contributed by atoms with Gasteiger partial charge >= 0.3 is 11.8 Å². The van der Waals surface area contributed by atoms with Gasteiger partial charge in [0.15, 0.2) is 0 Å². The summed E-state index contributed by atoms with van der Waals surface area (Å²) in [5.74, 6) is -1.46. The third-order valence-electron chi connectivity index (χ3n) is 5.93. The summed E-state index contributed by atoms with van der Waals surface area (Å²) in [5.41, 5.74) is 3.69. The van der Waals surface area contributed by atoms with Gasteiger partial charge in [-0.25, -0.2) is 8.42 Å². The van der Waals surface area contributed by atoms with Crippen molar-refractivity contribution in [2.75, 3.05) is 18.4 Å². The molecule has 2 aromatic carbocycles. The zero-order chi connectivity index (χ0) is 23.3. The van der Waals surface area contributed by atoms with Crippen LogP contribution in [0.25, 0.3) is 0 Å². The van der Waals surface area contributed by atoms with Crippen LogP contribution in [0, 0.1) is 20.8 Å². The van der Waals surface area contributed by atoms with E-state index in [1.807, 2.05) is 32.9 Å². The minimum Gasteiger partial charge on any atom is -0.348 e. The Bertz CT molecular complexity index is 1080. The predicted octanol–water partition coefficient (Wildman–Crippen LogP) is 3.30. The fourth-order valence-electron chi connectivity index (χ4n) is 3.86. The quantitative estimate of drug-likeness (QED) is 0.651. The van der Waals surface area contributed by atoms with Gasteiger partial charge in [-0.3, -0.25) is 9.59 Å². The number of aryl methyl sites for hydroxylation is 3. The monoisotopic (exact) mass is 457 g/mol. The number of carbonyl (C=O) groups is 2. The third-order valence-corrected chi connectivity index (χ3v) is 7.90. The van der Waals surface area contributed by atoms with E-state index in [1.165, 1.54) is 0 Å². The van der Waals surface area contributed by atoms with E-state index in [9.17, 15) is 18.0 Å². The average Bonchev–Trinajstić information content (AvgIpc) is 2.76. The number of nitrogens with zero attached hydrogens (tertiary/aromatic N) is 1. The number of piperidine rings is 1. The molecule has 32 heavy (non-hydrogen) atoms. The molecule has 1 atom stereocenters. The predicted molar refractivity (Wildman–Crippen MR) is 125 cm³/mol. The average molecular weight is 458 g/mol. The summed E-state index contributed by atoms with van der Waals surface area (Å²) >= 11 is 0. The van der Waals surface area contributed by atoms with Crippen LogP contribution in [0.15, 0.2) is 47.4 Å². The van der Waals surface area contributed by atoms with Crippen molar-refractivity contribution in [2.24, 2.45) is 0 Å². The Balaban J connectivity index is 1.57. The Hall–Kier alpha value is -2.71. The van der Waals surface area contributed by atoms with Crippen molar-refractivity contribution in [3.63, 3.8) is 0 Å². The van der Waals surface area contributed by atoms with Crippen LogP contribution in [0.4, 0.5) is 5.69 Å². The molecular weight excluding hydrogens is 426 g/mol. The summed E-state index contributed by atoms with van der Waals surface area (Å²) in [5, 5.41) is 5.22. The van der Waals surface area contributed by atoms with Crippen LogP contribution in [0.3, 0.4) is 0 Å². The van der Waals surface area contributed by atoms with E-state index in [0.29, 0.717) is 18.7 Å². The zero-order valence-corrected chi connectivity index (χ0v) is 19.7. The molecule has 0 radical (unpaired) electrons. The van der Waals surface area contributed by atoms with Gasteiger partial charge in [0, 0.05) is 24.8 Å². The SMILES string of the molecule is Cc1ccc(S(=O)(=O)N2CCCC[C@@H]2CCNC(=O)C(=O)Nc2ccc(C)c(C)c2)cc1. The summed E-state index contributed by atoms with van der Waals surface area (Å²) in [6.45, 7) is 6.51. The summed E-state index contributed by atoms with van der Waals surface area (Å²) in [7, 11) is -3.60. The van der Waals surface area contributed by atoms with E-state index >= 15 is 0 Å². The molecule has 8 heteroatoms. The number of hydrogen-bond donors (Lipinski definition) is 2. The van der Waals surface area contributed by atoms with Crippen molar-refractivity contribution in [2.45, 2.75) is 57.4 Å². The van der Waals surface area contributed by atoms with Crippen molar-refractivity contribution in [1.82, 2.24) is 9.62 Å². The highest BCUT2D eigenvalue weighted by Gasteiger charge is 2.33. The van der Waals surface area contributed by atoms with Gasteiger partial charge < -0.3 is 10.6 Å². The molecule has 1 aliphatic heterocycles. The van der Waals surface area contributed by atoms with E-state index in [1.54, 1.807) is 34.6 Å². The molecule has 172 valence electrons. The van der Waals surface area contributed by atoms with Gasteiger partial charge in [0.05, 0.1) is 4.90 Å². The van der Waals surface area contributed by atoms with Crippen LogP contribution >= 0.6 is 0 Å². The molecule has 1 saturated heterocycles. The molecule has 3 rings (SSSR count). The van der Waals surface area contributed by atoms with E-state index in [4.69, 9.17) is 0 Å². The van der Waals surface area contributed by atoms with Crippen molar-refractivity contribution in [1.29, 1.82) is 0 Å². The summed E-state index contributed by atoms with van der Waals surface area (Å²) < 4.78 is 27.8. The van der Waals surface area contributed by atoms with Crippen LogP contribution in [-0.4, -0.2) is 43.7 Å². The Morgan fingerprint density at radius 2 is 1.69 bits per heavy atom. The topological polar surface area (TPSA) is 95.6 Å². The fraction of sp³-hybridized carbons (Fsp3) is 0.417. The smallest absolute Gasteiger partial charge is 0.313 e. The van der Waals surface area contributed by atoms with Gasteiger partial charge in [-0.2, -0.15) is 4.31 Å². The van der Waals surface area contributed by atoms with Gasteiger partial charge in [-0.1, -0.05) is 30.2 Å². The van der Waals surface area contributed by atoms with Crippen molar-refractivity contribution < 1.29 is 18.0 Å². The van der Waals surface area contributed by atoms with Gasteiger partial charge in [0.25, 0.3) is 0 Å². The molecule has 1 heterocycles. The maximum Gasteiger partial charge on any atom is 0.313 e. The second kappa shape index (κ2) is 10.3. The Labute approximate surface area is 190 Å². The molecule has 1 fully saturated rings. The number of carbonyl (C=O) groups excluding carboxylic acids is 2. The summed E-state index contributed by atoms with van der Waals surface area (Å²) in [4.78, 5) is 24.7. The molecule has 2 N–H and O–H groups in total. The van der Waals surface area contributed by atoms with Crippen LogP contribution in [0.2, 0.25) is 0 Å². The van der Waals surface area contributed by atoms with Crippen molar-refractivity contribution >= 4 is 27.5 Å². The number of hydrogen-bond acceptors (Lipinski definition) is 4. The van der Waals surface area contributed by atoms with Gasteiger partial charge in [0.1, 0.15) is 0 Å². The molecule has 0 saturated carbocycles. The number of sulfonamides is 1. The molecule has 1 aliphatic rings. The lowest BCUT2D eigenvalue weighted by atomic mass is 10.0. The second-order valence-electron chi connectivity index (χ2n) is 8.38. The normalized spacial score (nSPS) is 17.0. The van der Waals surface area contributed by atoms with E-state index in [2.05, 4.69) is 10.6 Å². The maximum atomic E-state index is 13.1. The molecule has 0 unspecified atom stereocenters. The van der Waals surface area contributed by atoms with E-state index in [0.717, 1.165) is 36.0 Å². The first-order chi connectivity index (χ1) is 15.2. The standard InChI is InChI=1S/C24H31N3O4S/c1-17-7-11-22(12-8-17)32(30,31)27-15-5-4-6-21(27)13-14-25-23(28)24(29)26-20-10-9-18(2)19(3)16-20/h7-12,16,21H,4-6,13-15H2,1-3H3,(H,25,28)(H,26,29)/t21-/m1/s1. The maximum absolute atomic E-state index is 13.1. The lowest BCUT2D eigenvalue weighted by Crippen LogP contribution is -2.45. The van der Waals surface area contributed by atoms with Crippen molar-refractivity contribution in [3.05, 3.63) is 59.2 Å². The molecule has 0 aliphatic carbocycles. The molecule has 2 amide bonds. The van der Waals surface area contributed by atoms with E-state index < -0.39 is 21.8 Å². The number of amides is 2. The summed E-state index contributed by atoms with van der Waals surface area (Å²) in [6, 6.07) is 12.1. The molecule has 0 spiro atoms. The Morgan fingerprint density at radius 3 is 2.38 bits per heavy atom. The number of anilines is 1. The zero-order valence-electron chi connectivity index (χ0n) is 18.8. The first-order valence-corrected chi connectivity index (χ1v) is 12.4. The Kier molecular flexibility index (Phi) is 7.69. The molecule has 0 bridgehead atoms. The third kappa shape index (κ3) is 5.75. The first kappa shape index (κ1) is 23.9. The molecule has 2 aromatic rings. The van der Waals surface area contributed by atoms with Crippen LogP contribution < -0.4 is 10.6 Å². The second-order valence-corrected chi connectivity index (χ2v) is 10.3. The number of nitrogens with one attached hydrogen (secondary N) is 2. The van der Waals surface area contributed by atoms with Crippen molar-refractivity contribution in [3.8, 4) is 0 Å². The summed E-state index contributed by atoms with van der Waals surface area (Å²) in [6.07, 6.45) is 2.93.